The smallest absolute Gasteiger partial charge is 0.294 e. The summed E-state index contributed by atoms with van der Waals surface area (Å²) in [4.78, 5) is 13.8. The molecule has 0 unspecified atom stereocenters. The first kappa shape index (κ1) is 19.0. The molecule has 1 amide bonds. The minimum atomic E-state index is -4.31. The van der Waals surface area contributed by atoms with E-state index in [2.05, 4.69) is 5.32 Å². The van der Waals surface area contributed by atoms with Crippen LogP contribution in [0.3, 0.4) is 0 Å². The van der Waals surface area contributed by atoms with Crippen LogP contribution in [0.5, 0.6) is 0 Å². The van der Waals surface area contributed by atoms with E-state index in [1.54, 1.807) is 18.0 Å². The Hall–Kier alpha value is -2.37. The van der Waals surface area contributed by atoms with Gasteiger partial charge in [0.2, 0.25) is 0 Å². The molecule has 1 saturated carbocycles. The number of amides is 1. The molecule has 0 bridgehead atoms. The summed E-state index contributed by atoms with van der Waals surface area (Å²) in [6, 6.07) is 7.49. The largest absolute Gasteiger partial charge is 0.360 e. The van der Waals surface area contributed by atoms with Crippen LogP contribution in [0.2, 0.25) is 0 Å². The number of hydrogen-bond donors (Lipinski definition) is 2. The molecule has 0 saturated heterocycles. The summed E-state index contributed by atoms with van der Waals surface area (Å²) in [5.41, 5.74) is 0.279. The second kappa shape index (κ2) is 8.14. The molecule has 0 spiro atoms. The Morgan fingerprint density at radius 2 is 2.04 bits per heavy atom. The fourth-order valence-corrected chi connectivity index (χ4v) is 3.39. The normalized spacial score (nSPS) is 16.1. The summed E-state index contributed by atoms with van der Waals surface area (Å²) in [5.74, 6) is -0.368. The number of anilines is 1. The van der Waals surface area contributed by atoms with Crippen molar-refractivity contribution in [1.82, 2.24) is 4.90 Å². The van der Waals surface area contributed by atoms with Crippen LogP contribution in [0.4, 0.5) is 5.69 Å². The minimum Gasteiger partial charge on any atom is -0.360 e. The van der Waals surface area contributed by atoms with Crippen LogP contribution in [-0.4, -0.2) is 36.9 Å². The summed E-state index contributed by atoms with van der Waals surface area (Å²) in [6.45, 7) is 0. The Morgan fingerprint density at radius 1 is 1.36 bits per heavy atom. The van der Waals surface area contributed by atoms with E-state index in [9.17, 15) is 18.5 Å². The van der Waals surface area contributed by atoms with Crippen LogP contribution < -0.4 is 5.32 Å². The van der Waals surface area contributed by atoms with Crippen molar-refractivity contribution in [3.05, 3.63) is 36.0 Å². The number of carbonyl (C=O) groups is 1. The molecule has 2 N–H and O–H groups in total. The molecule has 1 aliphatic rings. The van der Waals surface area contributed by atoms with E-state index in [1.165, 1.54) is 30.8 Å². The Kier molecular flexibility index (Phi) is 6.17. The average molecular weight is 363 g/mol. The highest BCUT2D eigenvalue weighted by atomic mass is 32.2. The number of likely N-dealkylation sites (N-methyl/N-ethyl adjacent to an activating group) is 1. The maximum absolute atomic E-state index is 12.5. The lowest BCUT2D eigenvalue weighted by atomic mass is 9.94. The molecular formula is C17H21N3O4S. The minimum absolute atomic E-state index is 0.0645. The molecule has 0 radical (unpaired) electrons. The van der Waals surface area contributed by atoms with Crippen molar-refractivity contribution in [2.45, 2.75) is 43.0 Å². The van der Waals surface area contributed by atoms with Crippen molar-refractivity contribution < 1.29 is 17.8 Å². The highest BCUT2D eigenvalue weighted by Gasteiger charge is 2.24. The van der Waals surface area contributed by atoms with Crippen LogP contribution in [0, 0.1) is 11.3 Å². The third-order valence-corrected chi connectivity index (χ3v) is 5.16. The van der Waals surface area contributed by atoms with Crippen LogP contribution in [0.25, 0.3) is 0 Å². The second-order valence-corrected chi connectivity index (χ2v) is 7.45. The molecular weight excluding hydrogens is 342 g/mol. The summed E-state index contributed by atoms with van der Waals surface area (Å²) in [6.07, 6.45) is 6.45. The van der Waals surface area contributed by atoms with Crippen molar-refractivity contribution in [2.75, 3.05) is 12.4 Å². The van der Waals surface area contributed by atoms with E-state index in [4.69, 9.17) is 4.55 Å². The van der Waals surface area contributed by atoms with E-state index < -0.39 is 10.1 Å². The van der Waals surface area contributed by atoms with Crippen molar-refractivity contribution in [2.24, 2.45) is 0 Å². The standard InChI is InChI=1S/C17H21N3O4S/c1-20(15-7-3-2-4-8-15)17(21)13(11-18)12-19-14-6-5-9-16(10-14)25(22,23)24/h5-6,9-10,12,15,19H,2-4,7-8H2,1H3,(H,22,23,24)/b13-12-. The van der Waals surface area contributed by atoms with Gasteiger partial charge >= 0.3 is 0 Å². The highest BCUT2D eigenvalue weighted by Crippen LogP contribution is 2.23. The van der Waals surface area contributed by atoms with E-state index in [0.717, 1.165) is 25.7 Å². The summed E-state index contributed by atoms with van der Waals surface area (Å²) in [5, 5.41) is 12.0. The zero-order chi connectivity index (χ0) is 18.4. The highest BCUT2D eigenvalue weighted by molar-refractivity contribution is 7.85. The van der Waals surface area contributed by atoms with E-state index >= 15 is 0 Å². The first-order chi connectivity index (χ1) is 11.8. The number of nitrogens with zero attached hydrogens (tertiary/aromatic N) is 2. The third-order valence-electron chi connectivity index (χ3n) is 4.31. The first-order valence-corrected chi connectivity index (χ1v) is 9.48. The van der Waals surface area contributed by atoms with Gasteiger partial charge in [0, 0.05) is 25.0 Å². The van der Waals surface area contributed by atoms with Crippen molar-refractivity contribution in [3.63, 3.8) is 0 Å². The molecule has 25 heavy (non-hydrogen) atoms. The van der Waals surface area contributed by atoms with Gasteiger partial charge in [0.05, 0.1) is 4.90 Å². The second-order valence-electron chi connectivity index (χ2n) is 6.02. The monoisotopic (exact) mass is 363 g/mol. The maximum atomic E-state index is 12.5. The van der Waals surface area contributed by atoms with Gasteiger partial charge in [-0.1, -0.05) is 25.3 Å². The lowest BCUT2D eigenvalue weighted by molar-refractivity contribution is -0.128. The average Bonchev–Trinajstić information content (AvgIpc) is 2.61. The Labute approximate surface area is 147 Å². The van der Waals surface area contributed by atoms with Gasteiger partial charge in [0.1, 0.15) is 11.6 Å². The van der Waals surface area contributed by atoms with Gasteiger partial charge < -0.3 is 10.2 Å². The molecule has 134 valence electrons. The lowest BCUT2D eigenvalue weighted by Gasteiger charge is -2.31. The van der Waals surface area contributed by atoms with Crippen molar-refractivity contribution >= 4 is 21.7 Å². The lowest BCUT2D eigenvalue weighted by Crippen LogP contribution is -2.39. The van der Waals surface area contributed by atoms with Gasteiger partial charge in [-0.2, -0.15) is 13.7 Å². The molecule has 1 aromatic carbocycles. The molecule has 1 aliphatic carbocycles. The zero-order valence-corrected chi connectivity index (χ0v) is 14.8. The molecule has 0 aliphatic heterocycles. The molecule has 1 fully saturated rings. The molecule has 0 atom stereocenters. The predicted molar refractivity (Wildman–Crippen MR) is 93.2 cm³/mol. The molecule has 0 heterocycles. The Balaban J connectivity index is 2.12. The van der Waals surface area contributed by atoms with Crippen LogP contribution in [0.15, 0.2) is 40.9 Å². The predicted octanol–water partition coefficient (Wildman–Crippen LogP) is 2.54. The molecule has 2 rings (SSSR count). The van der Waals surface area contributed by atoms with Gasteiger partial charge in [-0.05, 0) is 31.0 Å². The number of carbonyl (C=O) groups excluding carboxylic acids is 1. The molecule has 8 heteroatoms. The fraction of sp³-hybridized carbons (Fsp3) is 0.412. The zero-order valence-electron chi connectivity index (χ0n) is 14.0. The number of hydrogen-bond acceptors (Lipinski definition) is 5. The Morgan fingerprint density at radius 3 is 2.64 bits per heavy atom. The number of nitriles is 1. The van der Waals surface area contributed by atoms with Gasteiger partial charge in [-0.15, -0.1) is 0 Å². The van der Waals surface area contributed by atoms with E-state index in [-0.39, 0.29) is 22.4 Å². The van der Waals surface area contributed by atoms with Crippen molar-refractivity contribution in [1.29, 1.82) is 5.26 Å². The third kappa shape index (κ3) is 5.05. The SMILES string of the molecule is CN(C(=O)/C(C#N)=C\Nc1cccc(S(=O)(=O)O)c1)C1CCCCC1. The molecule has 7 nitrogen and oxygen atoms in total. The fourth-order valence-electron chi connectivity index (χ4n) is 2.87. The van der Waals surface area contributed by atoms with E-state index in [0.29, 0.717) is 5.69 Å². The van der Waals surface area contributed by atoms with Crippen molar-refractivity contribution in [3.8, 4) is 6.07 Å². The maximum Gasteiger partial charge on any atom is 0.294 e. The van der Waals surface area contributed by atoms with Crippen LogP contribution in [0.1, 0.15) is 32.1 Å². The quantitative estimate of drug-likeness (QED) is 0.472. The molecule has 0 aromatic heterocycles. The van der Waals surface area contributed by atoms with Gasteiger partial charge in [-0.3, -0.25) is 9.35 Å². The van der Waals surface area contributed by atoms with Gasteiger partial charge in [0.15, 0.2) is 0 Å². The van der Waals surface area contributed by atoms with Crippen LogP contribution >= 0.6 is 0 Å². The summed E-state index contributed by atoms with van der Waals surface area (Å²) in [7, 11) is -2.62. The number of nitrogens with one attached hydrogen (secondary N) is 1. The summed E-state index contributed by atoms with van der Waals surface area (Å²) < 4.78 is 31.4. The van der Waals surface area contributed by atoms with Gasteiger partial charge in [0.25, 0.3) is 16.0 Å². The van der Waals surface area contributed by atoms with Crippen LogP contribution in [-0.2, 0) is 14.9 Å². The molecule has 1 aromatic rings. The summed E-state index contributed by atoms with van der Waals surface area (Å²) >= 11 is 0. The number of benzene rings is 1. The topological polar surface area (TPSA) is 111 Å². The van der Waals surface area contributed by atoms with Gasteiger partial charge in [-0.25, -0.2) is 0 Å². The Bertz CT molecular complexity index is 805. The number of rotatable bonds is 5. The first-order valence-electron chi connectivity index (χ1n) is 8.04. The van der Waals surface area contributed by atoms with E-state index in [1.807, 2.05) is 6.07 Å².